The summed E-state index contributed by atoms with van der Waals surface area (Å²) >= 11 is 0. The number of fused-ring (bicyclic) bond motifs is 1. The van der Waals surface area contributed by atoms with Crippen LogP contribution in [-0.2, 0) is 20.9 Å². The van der Waals surface area contributed by atoms with Crippen molar-refractivity contribution in [2.75, 3.05) is 19.8 Å². The second kappa shape index (κ2) is 8.66. The molecule has 1 aromatic heterocycles. The molecule has 4 amide bonds. The topological polar surface area (TPSA) is 127 Å². The highest BCUT2D eigenvalue weighted by atomic mass is 16.5. The van der Waals surface area contributed by atoms with Crippen LogP contribution in [0.1, 0.15) is 58.5 Å². The molecule has 0 bridgehead atoms. The number of nitrogens with one attached hydrogen (secondary N) is 1. The minimum absolute atomic E-state index is 0.159. The standard InChI is InChI=1S/C25H26N6O5/c32-21-6-5-20(22(33)26-21)29-14-16-13-17(3-4-18(16)23(29)34)31-15-19(27-28-31)24(35)30-10-2-1-7-25(30)8-11-36-12-9-25/h1-4,13,15,20H,5-12,14H2,(H,26,32,33). The lowest BCUT2D eigenvalue weighted by Gasteiger charge is -2.47. The molecule has 1 spiro atoms. The molecule has 1 atom stereocenters. The van der Waals surface area contributed by atoms with Gasteiger partial charge in [-0.3, -0.25) is 24.5 Å². The molecule has 186 valence electrons. The number of hydrogen-bond acceptors (Lipinski definition) is 7. The van der Waals surface area contributed by atoms with Crippen molar-refractivity contribution >= 4 is 23.6 Å². The Kier molecular flexibility index (Phi) is 5.44. The van der Waals surface area contributed by atoms with E-state index >= 15 is 0 Å². The highest BCUT2D eigenvalue weighted by molar-refractivity contribution is 6.05. The molecular weight excluding hydrogens is 464 g/mol. The predicted octanol–water partition coefficient (Wildman–Crippen LogP) is 0.980. The van der Waals surface area contributed by atoms with Crippen molar-refractivity contribution in [2.45, 2.75) is 50.2 Å². The van der Waals surface area contributed by atoms with Gasteiger partial charge in [0, 0.05) is 38.3 Å². The van der Waals surface area contributed by atoms with Crippen molar-refractivity contribution in [3.63, 3.8) is 0 Å². The van der Waals surface area contributed by atoms with E-state index in [4.69, 9.17) is 4.74 Å². The summed E-state index contributed by atoms with van der Waals surface area (Å²) in [5.74, 6) is -1.15. The highest BCUT2D eigenvalue weighted by Gasteiger charge is 2.42. The molecule has 11 nitrogen and oxygen atoms in total. The molecular formula is C25H26N6O5. The number of amides is 4. The summed E-state index contributed by atoms with van der Waals surface area (Å²) in [6.45, 7) is 2.06. The van der Waals surface area contributed by atoms with Gasteiger partial charge in [-0.1, -0.05) is 17.4 Å². The van der Waals surface area contributed by atoms with Gasteiger partial charge in [-0.25, -0.2) is 4.68 Å². The van der Waals surface area contributed by atoms with Crippen molar-refractivity contribution in [2.24, 2.45) is 0 Å². The predicted molar refractivity (Wildman–Crippen MR) is 125 cm³/mol. The van der Waals surface area contributed by atoms with E-state index in [9.17, 15) is 19.2 Å². The Balaban J connectivity index is 1.22. The number of hydrogen-bond donors (Lipinski definition) is 1. The fourth-order valence-corrected chi connectivity index (χ4v) is 5.64. The molecule has 5 heterocycles. The molecule has 0 radical (unpaired) electrons. The van der Waals surface area contributed by atoms with Crippen molar-refractivity contribution in [1.82, 2.24) is 30.1 Å². The molecule has 1 unspecified atom stereocenters. The van der Waals surface area contributed by atoms with Gasteiger partial charge in [0.15, 0.2) is 5.69 Å². The Morgan fingerprint density at radius 1 is 1.14 bits per heavy atom. The van der Waals surface area contributed by atoms with Gasteiger partial charge in [0.25, 0.3) is 11.8 Å². The molecule has 6 rings (SSSR count). The zero-order chi connectivity index (χ0) is 24.9. The lowest BCUT2D eigenvalue weighted by molar-refractivity contribution is -0.136. The van der Waals surface area contributed by atoms with E-state index < -0.39 is 11.9 Å². The third kappa shape index (κ3) is 3.70. The summed E-state index contributed by atoms with van der Waals surface area (Å²) in [6.07, 6.45) is 8.66. The van der Waals surface area contributed by atoms with Crippen LogP contribution in [0.15, 0.2) is 36.5 Å². The van der Waals surface area contributed by atoms with Gasteiger partial charge in [0.1, 0.15) is 6.04 Å². The number of carbonyl (C=O) groups excluding carboxylic acids is 4. The number of carbonyl (C=O) groups is 4. The minimum atomic E-state index is -0.669. The fourth-order valence-electron chi connectivity index (χ4n) is 5.64. The Bertz CT molecular complexity index is 1290. The Labute approximate surface area is 207 Å². The van der Waals surface area contributed by atoms with Gasteiger partial charge in [-0.05, 0) is 49.4 Å². The van der Waals surface area contributed by atoms with Crippen LogP contribution in [0, 0.1) is 0 Å². The largest absolute Gasteiger partial charge is 0.381 e. The Morgan fingerprint density at radius 3 is 2.78 bits per heavy atom. The molecule has 2 saturated heterocycles. The van der Waals surface area contributed by atoms with Crippen LogP contribution in [0.5, 0.6) is 0 Å². The van der Waals surface area contributed by atoms with Crippen LogP contribution in [-0.4, -0.2) is 79.8 Å². The van der Waals surface area contributed by atoms with Gasteiger partial charge < -0.3 is 14.5 Å². The average molecular weight is 491 g/mol. The van der Waals surface area contributed by atoms with E-state index in [-0.39, 0.29) is 41.9 Å². The first-order valence-corrected chi connectivity index (χ1v) is 12.2. The smallest absolute Gasteiger partial charge is 0.276 e. The van der Waals surface area contributed by atoms with Crippen molar-refractivity contribution in [3.05, 3.63) is 53.4 Å². The van der Waals surface area contributed by atoms with Gasteiger partial charge in [-0.15, -0.1) is 5.10 Å². The Morgan fingerprint density at radius 2 is 1.97 bits per heavy atom. The van der Waals surface area contributed by atoms with Crippen LogP contribution >= 0.6 is 0 Å². The maximum atomic E-state index is 13.4. The molecule has 0 saturated carbocycles. The highest BCUT2D eigenvalue weighted by Crippen LogP contribution is 2.35. The van der Waals surface area contributed by atoms with Crippen LogP contribution in [0.3, 0.4) is 0 Å². The normalized spacial score (nSPS) is 23.2. The zero-order valence-corrected chi connectivity index (χ0v) is 19.7. The first-order valence-electron chi connectivity index (χ1n) is 12.2. The first kappa shape index (κ1) is 22.6. The van der Waals surface area contributed by atoms with E-state index in [0.717, 1.165) is 24.8 Å². The zero-order valence-electron chi connectivity index (χ0n) is 19.7. The number of benzene rings is 1. The van der Waals surface area contributed by atoms with Gasteiger partial charge in [-0.2, -0.15) is 0 Å². The van der Waals surface area contributed by atoms with Crippen LogP contribution in [0.2, 0.25) is 0 Å². The number of piperidine rings is 1. The molecule has 0 aliphatic carbocycles. The number of aromatic nitrogens is 3. The average Bonchev–Trinajstić information content (AvgIpc) is 3.50. The summed E-state index contributed by atoms with van der Waals surface area (Å²) < 4.78 is 7.07. The molecule has 11 heteroatoms. The molecule has 36 heavy (non-hydrogen) atoms. The summed E-state index contributed by atoms with van der Waals surface area (Å²) in [7, 11) is 0. The minimum Gasteiger partial charge on any atom is -0.381 e. The van der Waals surface area contributed by atoms with E-state index in [2.05, 4.69) is 21.7 Å². The molecule has 1 aromatic carbocycles. The number of nitrogens with zero attached hydrogens (tertiary/aromatic N) is 5. The summed E-state index contributed by atoms with van der Waals surface area (Å²) in [5.41, 5.74) is 1.95. The van der Waals surface area contributed by atoms with E-state index in [1.54, 1.807) is 18.3 Å². The third-order valence-corrected chi connectivity index (χ3v) is 7.68. The first-order chi connectivity index (χ1) is 17.4. The van der Waals surface area contributed by atoms with E-state index in [1.165, 1.54) is 9.58 Å². The third-order valence-electron chi connectivity index (χ3n) is 7.68. The van der Waals surface area contributed by atoms with Gasteiger partial charge in [0.05, 0.1) is 17.4 Å². The van der Waals surface area contributed by atoms with Crippen LogP contribution in [0.25, 0.3) is 5.69 Å². The van der Waals surface area contributed by atoms with Gasteiger partial charge >= 0.3 is 0 Å². The summed E-state index contributed by atoms with van der Waals surface area (Å²) in [6, 6.07) is 4.61. The van der Waals surface area contributed by atoms with Gasteiger partial charge in [0.2, 0.25) is 11.8 Å². The lowest BCUT2D eigenvalue weighted by atomic mass is 9.82. The molecule has 4 aliphatic rings. The van der Waals surface area contributed by atoms with Crippen LogP contribution < -0.4 is 5.32 Å². The number of ether oxygens (including phenoxy) is 1. The quantitative estimate of drug-likeness (QED) is 0.502. The van der Waals surface area contributed by atoms with Crippen LogP contribution in [0.4, 0.5) is 0 Å². The second-order valence-corrected chi connectivity index (χ2v) is 9.72. The maximum Gasteiger partial charge on any atom is 0.276 e. The second-order valence-electron chi connectivity index (χ2n) is 9.72. The summed E-state index contributed by atoms with van der Waals surface area (Å²) in [4.78, 5) is 53.6. The lowest BCUT2D eigenvalue weighted by Crippen LogP contribution is -2.56. The van der Waals surface area contributed by atoms with Crippen molar-refractivity contribution in [1.29, 1.82) is 0 Å². The maximum absolute atomic E-state index is 13.4. The van der Waals surface area contributed by atoms with E-state index in [0.29, 0.717) is 37.4 Å². The molecule has 2 aromatic rings. The molecule has 1 N–H and O–H groups in total. The van der Waals surface area contributed by atoms with Crippen molar-refractivity contribution in [3.8, 4) is 5.69 Å². The monoisotopic (exact) mass is 490 g/mol. The molecule has 2 fully saturated rings. The van der Waals surface area contributed by atoms with Crippen molar-refractivity contribution < 1.29 is 23.9 Å². The molecule has 4 aliphatic heterocycles. The number of imide groups is 1. The SMILES string of the molecule is O=C1CCC(N2Cc3cc(-n4cc(C(=O)N5CC=CCC56CCOCC6)nn4)ccc3C2=O)C(=O)N1. The summed E-state index contributed by atoms with van der Waals surface area (Å²) in [5, 5.41) is 10.7. The van der Waals surface area contributed by atoms with E-state index in [1.807, 2.05) is 17.0 Å². The Hall–Kier alpha value is -3.86. The number of rotatable bonds is 3. The fraction of sp³-hybridized carbons (Fsp3) is 0.440.